The van der Waals surface area contributed by atoms with E-state index in [1.165, 1.54) is 0 Å². The third-order valence-electron chi connectivity index (χ3n) is 1.84. The van der Waals surface area contributed by atoms with Gasteiger partial charge in [-0.2, -0.15) is 5.10 Å². The Balaban J connectivity index is 2.90. The van der Waals surface area contributed by atoms with E-state index in [2.05, 4.69) is 5.10 Å². The van der Waals surface area contributed by atoms with Gasteiger partial charge in [-0.1, -0.05) is 11.6 Å². The Morgan fingerprint density at radius 2 is 2.25 bits per heavy atom. The number of nitrogens with two attached hydrogens (primary N) is 1. The molecule has 0 unspecified atom stereocenters. The summed E-state index contributed by atoms with van der Waals surface area (Å²) < 4.78 is 1.72. The first-order valence-corrected chi connectivity index (χ1v) is 3.94. The van der Waals surface area contributed by atoms with E-state index < -0.39 is 0 Å². The normalized spacial score (nSPS) is 10.8. The van der Waals surface area contributed by atoms with Crippen LogP contribution in [0, 0.1) is 0 Å². The number of rotatable bonds is 0. The first-order valence-electron chi connectivity index (χ1n) is 3.56. The minimum Gasteiger partial charge on any atom is -0.382 e. The number of hydrogen-bond acceptors (Lipinski definition) is 2. The number of aryl methyl sites for hydroxylation is 1. The van der Waals surface area contributed by atoms with Crippen molar-refractivity contribution in [2.45, 2.75) is 0 Å². The quantitative estimate of drug-likeness (QED) is 0.674. The molecule has 62 valence electrons. The van der Waals surface area contributed by atoms with Crippen LogP contribution in [0.4, 0.5) is 5.82 Å². The van der Waals surface area contributed by atoms with Gasteiger partial charge in [0.2, 0.25) is 0 Å². The van der Waals surface area contributed by atoms with E-state index in [-0.39, 0.29) is 0 Å². The molecule has 0 radical (unpaired) electrons. The van der Waals surface area contributed by atoms with Gasteiger partial charge in [-0.25, -0.2) is 0 Å². The summed E-state index contributed by atoms with van der Waals surface area (Å²) in [6.45, 7) is 0. The molecule has 0 saturated carbocycles. The van der Waals surface area contributed by atoms with Crippen LogP contribution >= 0.6 is 11.6 Å². The average molecular weight is 182 g/mol. The zero-order valence-corrected chi connectivity index (χ0v) is 7.34. The van der Waals surface area contributed by atoms with Crippen LogP contribution in [0.5, 0.6) is 0 Å². The number of aromatic nitrogens is 2. The van der Waals surface area contributed by atoms with Crippen molar-refractivity contribution in [2.75, 3.05) is 5.73 Å². The molecule has 2 rings (SSSR count). The Kier molecular flexibility index (Phi) is 1.48. The van der Waals surface area contributed by atoms with E-state index in [9.17, 15) is 0 Å². The molecule has 1 aromatic heterocycles. The summed E-state index contributed by atoms with van der Waals surface area (Å²) in [6, 6.07) is 5.53. The standard InChI is InChI=1S/C8H8ClN3/c1-12-7-4-5(9)2-3-6(7)8(10)11-12/h2-4H,1H3,(H2,10,11). The minimum absolute atomic E-state index is 0.546. The highest BCUT2D eigenvalue weighted by Crippen LogP contribution is 2.22. The van der Waals surface area contributed by atoms with Crippen molar-refractivity contribution in [2.24, 2.45) is 7.05 Å². The maximum absolute atomic E-state index is 5.82. The maximum Gasteiger partial charge on any atom is 0.153 e. The Bertz CT molecular complexity index is 433. The summed E-state index contributed by atoms with van der Waals surface area (Å²) in [6.07, 6.45) is 0. The molecule has 3 nitrogen and oxygen atoms in total. The lowest BCUT2D eigenvalue weighted by atomic mass is 10.2. The molecular formula is C8H8ClN3. The van der Waals surface area contributed by atoms with Gasteiger partial charge in [0.25, 0.3) is 0 Å². The summed E-state index contributed by atoms with van der Waals surface area (Å²) >= 11 is 5.82. The molecule has 0 spiro atoms. The van der Waals surface area contributed by atoms with Crippen molar-refractivity contribution < 1.29 is 0 Å². The number of hydrogen-bond donors (Lipinski definition) is 1. The third kappa shape index (κ3) is 0.940. The van der Waals surface area contributed by atoms with Gasteiger partial charge in [0.15, 0.2) is 5.82 Å². The van der Waals surface area contributed by atoms with Gasteiger partial charge in [-0.15, -0.1) is 0 Å². The summed E-state index contributed by atoms with van der Waals surface area (Å²) in [5.41, 5.74) is 6.61. The Hall–Kier alpha value is -1.22. The largest absolute Gasteiger partial charge is 0.382 e. The third-order valence-corrected chi connectivity index (χ3v) is 2.08. The minimum atomic E-state index is 0.546. The molecule has 1 heterocycles. The number of anilines is 1. The molecule has 0 amide bonds. The molecule has 2 N–H and O–H groups in total. The first kappa shape index (κ1) is 7.43. The predicted octanol–water partition coefficient (Wildman–Crippen LogP) is 1.81. The molecule has 0 fully saturated rings. The van der Waals surface area contributed by atoms with E-state index >= 15 is 0 Å². The SMILES string of the molecule is Cn1nc(N)c2ccc(Cl)cc21. The van der Waals surface area contributed by atoms with E-state index in [1.807, 2.05) is 25.2 Å². The second-order valence-corrected chi connectivity index (χ2v) is 3.11. The maximum atomic E-state index is 5.82. The zero-order valence-electron chi connectivity index (χ0n) is 6.58. The van der Waals surface area contributed by atoms with Crippen LogP contribution in [0.3, 0.4) is 0 Å². The molecule has 2 aromatic rings. The summed E-state index contributed by atoms with van der Waals surface area (Å²) in [7, 11) is 1.84. The van der Waals surface area contributed by atoms with E-state index in [1.54, 1.807) is 4.68 Å². The molecule has 0 bridgehead atoms. The summed E-state index contributed by atoms with van der Waals surface area (Å²) in [5, 5.41) is 5.71. The topological polar surface area (TPSA) is 43.8 Å². The van der Waals surface area contributed by atoms with Crippen molar-refractivity contribution in [1.29, 1.82) is 0 Å². The molecule has 0 aliphatic heterocycles. The highest BCUT2D eigenvalue weighted by molar-refractivity contribution is 6.31. The number of benzene rings is 1. The van der Waals surface area contributed by atoms with Crippen LogP contribution in [0.15, 0.2) is 18.2 Å². The second-order valence-electron chi connectivity index (χ2n) is 2.67. The summed E-state index contributed by atoms with van der Waals surface area (Å²) in [4.78, 5) is 0. The fraction of sp³-hybridized carbons (Fsp3) is 0.125. The molecular weight excluding hydrogens is 174 g/mol. The van der Waals surface area contributed by atoms with E-state index in [4.69, 9.17) is 17.3 Å². The lowest BCUT2D eigenvalue weighted by Crippen LogP contribution is -1.91. The van der Waals surface area contributed by atoms with Gasteiger partial charge in [0.1, 0.15) is 0 Å². The zero-order chi connectivity index (χ0) is 8.72. The number of nitrogen functional groups attached to an aromatic ring is 1. The smallest absolute Gasteiger partial charge is 0.153 e. The van der Waals surface area contributed by atoms with Gasteiger partial charge in [0, 0.05) is 17.5 Å². The number of nitrogens with zero attached hydrogens (tertiary/aromatic N) is 2. The highest BCUT2D eigenvalue weighted by Gasteiger charge is 2.04. The number of fused-ring (bicyclic) bond motifs is 1. The predicted molar refractivity (Wildman–Crippen MR) is 50.1 cm³/mol. The fourth-order valence-electron chi connectivity index (χ4n) is 1.26. The lowest BCUT2D eigenvalue weighted by Gasteiger charge is -1.93. The van der Waals surface area contributed by atoms with Gasteiger partial charge >= 0.3 is 0 Å². The van der Waals surface area contributed by atoms with Crippen molar-refractivity contribution in [1.82, 2.24) is 9.78 Å². The molecule has 0 atom stereocenters. The van der Waals surface area contributed by atoms with Gasteiger partial charge in [0.05, 0.1) is 5.52 Å². The summed E-state index contributed by atoms with van der Waals surface area (Å²) in [5.74, 6) is 0.546. The molecule has 0 aliphatic carbocycles. The lowest BCUT2D eigenvalue weighted by molar-refractivity contribution is 0.802. The molecule has 0 saturated heterocycles. The van der Waals surface area contributed by atoms with Gasteiger partial charge < -0.3 is 5.73 Å². The Labute approximate surface area is 74.7 Å². The van der Waals surface area contributed by atoms with Gasteiger partial charge in [-0.05, 0) is 18.2 Å². The number of halogens is 1. The second kappa shape index (κ2) is 2.38. The molecule has 0 aliphatic rings. The van der Waals surface area contributed by atoms with E-state index in [0.29, 0.717) is 10.8 Å². The highest BCUT2D eigenvalue weighted by atomic mass is 35.5. The van der Waals surface area contributed by atoms with Crippen LogP contribution in [-0.2, 0) is 7.05 Å². The van der Waals surface area contributed by atoms with Crippen molar-refractivity contribution >= 4 is 28.3 Å². The van der Waals surface area contributed by atoms with Crippen molar-refractivity contribution in [3.8, 4) is 0 Å². The fourth-order valence-corrected chi connectivity index (χ4v) is 1.42. The van der Waals surface area contributed by atoms with Crippen LogP contribution < -0.4 is 5.73 Å². The van der Waals surface area contributed by atoms with Crippen LogP contribution in [-0.4, -0.2) is 9.78 Å². The van der Waals surface area contributed by atoms with Crippen LogP contribution in [0.2, 0.25) is 5.02 Å². The van der Waals surface area contributed by atoms with Gasteiger partial charge in [-0.3, -0.25) is 4.68 Å². The Morgan fingerprint density at radius 3 is 3.00 bits per heavy atom. The van der Waals surface area contributed by atoms with Crippen molar-refractivity contribution in [3.05, 3.63) is 23.2 Å². The molecule has 12 heavy (non-hydrogen) atoms. The van der Waals surface area contributed by atoms with E-state index in [0.717, 1.165) is 10.9 Å². The monoisotopic (exact) mass is 181 g/mol. The molecule has 4 heteroatoms. The van der Waals surface area contributed by atoms with Crippen molar-refractivity contribution in [3.63, 3.8) is 0 Å². The van der Waals surface area contributed by atoms with Crippen LogP contribution in [0.1, 0.15) is 0 Å². The average Bonchev–Trinajstić information content (AvgIpc) is 2.28. The Morgan fingerprint density at radius 1 is 1.50 bits per heavy atom. The first-order chi connectivity index (χ1) is 5.68. The molecule has 1 aromatic carbocycles. The van der Waals surface area contributed by atoms with Crippen LogP contribution in [0.25, 0.3) is 10.9 Å².